The zero-order chi connectivity index (χ0) is 15.9. The van der Waals surface area contributed by atoms with Gasteiger partial charge in [0.1, 0.15) is 15.6 Å². The van der Waals surface area contributed by atoms with Crippen molar-refractivity contribution in [1.29, 1.82) is 0 Å². The Morgan fingerprint density at radius 1 is 1.50 bits per heavy atom. The van der Waals surface area contributed by atoms with Crippen molar-refractivity contribution in [3.05, 3.63) is 10.0 Å². The quantitative estimate of drug-likeness (QED) is 0.838. The molecular formula is C13H18ClN5O2S. The number of aromatic nitrogens is 2. The molecule has 0 saturated carbocycles. The Labute approximate surface area is 137 Å². The van der Waals surface area contributed by atoms with E-state index >= 15 is 0 Å². The summed E-state index contributed by atoms with van der Waals surface area (Å²) in [6, 6.07) is -0.323. The highest BCUT2D eigenvalue weighted by atomic mass is 35.5. The third-order valence-corrected chi connectivity index (χ3v) is 5.61. The summed E-state index contributed by atoms with van der Waals surface area (Å²) in [4.78, 5) is 27.6. The van der Waals surface area contributed by atoms with Gasteiger partial charge >= 0.3 is 6.03 Å². The third-order valence-electron chi connectivity index (χ3n) is 4.62. The lowest BCUT2D eigenvalue weighted by Crippen LogP contribution is -2.55. The first kappa shape index (κ1) is 15.6. The van der Waals surface area contributed by atoms with Gasteiger partial charge in [0, 0.05) is 37.6 Å². The van der Waals surface area contributed by atoms with Gasteiger partial charge in [-0.25, -0.2) is 4.79 Å². The summed E-state index contributed by atoms with van der Waals surface area (Å²) < 4.78 is 4.45. The number of nitrogens with zero attached hydrogens (tertiary/aromatic N) is 4. The number of hydrogen-bond acceptors (Lipinski definition) is 6. The van der Waals surface area contributed by atoms with Crippen molar-refractivity contribution in [3.8, 4) is 0 Å². The van der Waals surface area contributed by atoms with E-state index in [9.17, 15) is 9.59 Å². The Morgan fingerprint density at radius 2 is 2.27 bits per heavy atom. The molecule has 0 unspecified atom stereocenters. The monoisotopic (exact) mass is 343 g/mol. The van der Waals surface area contributed by atoms with Crippen LogP contribution in [0.1, 0.15) is 25.5 Å². The van der Waals surface area contributed by atoms with Crippen LogP contribution in [0.25, 0.3) is 0 Å². The fraction of sp³-hybridized carbons (Fsp3) is 0.692. The van der Waals surface area contributed by atoms with E-state index in [1.54, 1.807) is 0 Å². The second kappa shape index (κ2) is 5.75. The predicted octanol–water partition coefficient (Wildman–Crippen LogP) is 1.34. The number of imide groups is 1. The minimum atomic E-state index is -0.825. The number of likely N-dealkylation sites (N-methyl/N-ethyl adjacent to an activating group) is 1. The minimum Gasteiger partial charge on any atom is -0.323 e. The van der Waals surface area contributed by atoms with Crippen LogP contribution in [0.2, 0.25) is 4.34 Å². The van der Waals surface area contributed by atoms with Crippen molar-refractivity contribution in [3.63, 3.8) is 0 Å². The first-order valence-electron chi connectivity index (χ1n) is 7.21. The van der Waals surface area contributed by atoms with Gasteiger partial charge in [-0.15, -0.1) is 5.10 Å². The molecule has 2 saturated heterocycles. The lowest BCUT2D eigenvalue weighted by molar-refractivity contribution is -0.132. The van der Waals surface area contributed by atoms with Gasteiger partial charge in [-0.1, -0.05) is 16.1 Å². The average Bonchev–Trinajstić information content (AvgIpc) is 2.98. The highest BCUT2D eigenvalue weighted by Crippen LogP contribution is 2.32. The van der Waals surface area contributed by atoms with Crippen LogP contribution in [0.4, 0.5) is 4.79 Å². The minimum absolute atomic E-state index is 0.0769. The number of halogens is 1. The number of carbonyl (C=O) groups is 2. The highest BCUT2D eigenvalue weighted by molar-refractivity contribution is 7.10. The molecule has 3 heterocycles. The summed E-state index contributed by atoms with van der Waals surface area (Å²) in [5.74, 6) is -0.0780. The Bertz CT molecular complexity index is 609. The fourth-order valence-electron chi connectivity index (χ4n) is 3.25. The largest absolute Gasteiger partial charge is 0.324 e. The summed E-state index contributed by atoms with van der Waals surface area (Å²) in [5, 5.41) is 6.89. The molecule has 9 heteroatoms. The zero-order valence-corrected chi connectivity index (χ0v) is 14.1. The third kappa shape index (κ3) is 2.59. The molecule has 120 valence electrons. The van der Waals surface area contributed by atoms with E-state index < -0.39 is 5.54 Å². The Morgan fingerprint density at radius 3 is 2.86 bits per heavy atom. The van der Waals surface area contributed by atoms with Gasteiger partial charge < -0.3 is 5.32 Å². The Balaban J connectivity index is 1.72. The maximum absolute atomic E-state index is 12.4. The molecule has 2 aliphatic rings. The van der Waals surface area contributed by atoms with E-state index in [1.807, 2.05) is 6.92 Å². The first-order chi connectivity index (χ1) is 10.4. The molecule has 3 amide bonds. The molecule has 0 aliphatic carbocycles. The lowest BCUT2D eigenvalue weighted by atomic mass is 9.80. The first-order valence-corrected chi connectivity index (χ1v) is 8.36. The molecule has 1 aromatic rings. The maximum atomic E-state index is 12.4. The second-order valence-electron chi connectivity index (χ2n) is 6.06. The highest BCUT2D eigenvalue weighted by Gasteiger charge is 2.51. The van der Waals surface area contributed by atoms with Gasteiger partial charge in [-0.2, -0.15) is 0 Å². The number of hydrogen-bond donors (Lipinski definition) is 1. The Kier molecular flexibility index (Phi) is 4.09. The summed E-state index contributed by atoms with van der Waals surface area (Å²) in [6.45, 7) is 4.10. The molecule has 1 aromatic heterocycles. The topological polar surface area (TPSA) is 78.4 Å². The lowest BCUT2D eigenvalue weighted by Gasteiger charge is -2.39. The molecule has 0 radical (unpaired) electrons. The molecule has 1 N–H and O–H groups in total. The van der Waals surface area contributed by atoms with Crippen molar-refractivity contribution in [2.24, 2.45) is 5.92 Å². The summed E-state index contributed by atoms with van der Waals surface area (Å²) >= 11 is 7.24. The van der Waals surface area contributed by atoms with Gasteiger partial charge in [0.25, 0.3) is 5.91 Å². The molecule has 2 atom stereocenters. The molecule has 0 aromatic carbocycles. The van der Waals surface area contributed by atoms with Crippen molar-refractivity contribution in [2.75, 3.05) is 20.1 Å². The molecule has 2 fully saturated rings. The van der Waals surface area contributed by atoms with Crippen molar-refractivity contribution >= 4 is 35.1 Å². The maximum Gasteiger partial charge on any atom is 0.324 e. The van der Waals surface area contributed by atoms with Gasteiger partial charge in [0.2, 0.25) is 0 Å². The predicted molar refractivity (Wildman–Crippen MR) is 82.6 cm³/mol. The molecule has 3 rings (SSSR count). The van der Waals surface area contributed by atoms with Crippen LogP contribution < -0.4 is 5.32 Å². The fourth-order valence-corrected chi connectivity index (χ4v) is 3.86. The number of rotatable bonds is 3. The smallest absolute Gasteiger partial charge is 0.323 e. The van der Waals surface area contributed by atoms with Crippen LogP contribution >= 0.6 is 23.1 Å². The number of amides is 3. The standard InChI is InChI=1S/C13H18ClN5O2S/c1-13(11(20)18(2)12(21)15-13)8-4-3-5-19(6-8)7-9-10(14)22-17-16-9/h8H,3-7H2,1-2H3,(H,15,21)/t8-,13-/m1/s1. The summed E-state index contributed by atoms with van der Waals surface area (Å²) in [6.07, 6.45) is 1.89. The van der Waals surface area contributed by atoms with Crippen molar-refractivity contribution < 1.29 is 9.59 Å². The van der Waals surface area contributed by atoms with E-state index in [1.165, 1.54) is 23.5 Å². The number of likely N-dealkylation sites (tertiary alicyclic amines) is 1. The van der Waals surface area contributed by atoms with Crippen molar-refractivity contribution in [1.82, 2.24) is 24.7 Å². The SMILES string of the molecule is CN1C(=O)N[C@](C)([C@@H]2CCCN(Cc3nnsc3Cl)C2)C1=O. The summed E-state index contributed by atoms with van der Waals surface area (Å²) in [7, 11) is 1.52. The van der Waals surface area contributed by atoms with Gasteiger partial charge in [0.15, 0.2) is 0 Å². The second-order valence-corrected chi connectivity index (χ2v) is 7.42. The molecule has 7 nitrogen and oxygen atoms in total. The van der Waals surface area contributed by atoms with E-state index in [-0.39, 0.29) is 17.9 Å². The molecule has 0 spiro atoms. The van der Waals surface area contributed by atoms with E-state index in [0.717, 1.165) is 31.6 Å². The average molecular weight is 344 g/mol. The summed E-state index contributed by atoms with van der Waals surface area (Å²) in [5.41, 5.74) is -0.0504. The number of piperidine rings is 1. The van der Waals surface area contributed by atoms with Crippen LogP contribution in [0, 0.1) is 5.92 Å². The number of urea groups is 1. The van der Waals surface area contributed by atoms with Crippen molar-refractivity contribution in [2.45, 2.75) is 31.8 Å². The van der Waals surface area contributed by atoms with Crippen LogP contribution in [0.15, 0.2) is 0 Å². The molecular weight excluding hydrogens is 326 g/mol. The van der Waals surface area contributed by atoms with Crippen LogP contribution in [-0.4, -0.2) is 57.0 Å². The van der Waals surface area contributed by atoms with Crippen LogP contribution in [-0.2, 0) is 11.3 Å². The Hall–Kier alpha value is -1.25. The van der Waals surface area contributed by atoms with E-state index in [0.29, 0.717) is 10.9 Å². The zero-order valence-electron chi connectivity index (χ0n) is 12.5. The van der Waals surface area contributed by atoms with E-state index in [4.69, 9.17) is 11.6 Å². The van der Waals surface area contributed by atoms with Crippen LogP contribution in [0.3, 0.4) is 0 Å². The molecule has 0 bridgehead atoms. The number of nitrogens with one attached hydrogen (secondary N) is 1. The van der Waals surface area contributed by atoms with Gasteiger partial charge in [-0.05, 0) is 26.3 Å². The molecule has 2 aliphatic heterocycles. The normalized spacial score (nSPS) is 30.0. The van der Waals surface area contributed by atoms with Gasteiger partial charge in [-0.3, -0.25) is 14.6 Å². The van der Waals surface area contributed by atoms with Crippen LogP contribution in [0.5, 0.6) is 0 Å². The van der Waals surface area contributed by atoms with E-state index in [2.05, 4.69) is 19.8 Å². The number of carbonyl (C=O) groups excluding carboxylic acids is 2. The molecule has 22 heavy (non-hydrogen) atoms. The van der Waals surface area contributed by atoms with Gasteiger partial charge in [0.05, 0.1) is 0 Å².